The second-order valence-electron chi connectivity index (χ2n) is 11.9. The molecule has 1 amide bonds. The van der Waals surface area contributed by atoms with Crippen LogP contribution in [0.1, 0.15) is 187 Å². The Bertz CT molecular complexity index is 522. The van der Waals surface area contributed by atoms with Gasteiger partial charge in [-0.15, -0.1) is 0 Å². The molecule has 0 aromatic rings. The summed E-state index contributed by atoms with van der Waals surface area (Å²) >= 11 is 0. The summed E-state index contributed by atoms with van der Waals surface area (Å²) in [4.78, 5) is 12.3. The largest absolute Gasteiger partial charge is 0.394 e. The molecule has 0 rings (SSSR count). The highest BCUT2D eigenvalue weighted by Crippen LogP contribution is 2.15. The fourth-order valence-electron chi connectivity index (χ4n) is 5.29. The molecule has 0 saturated carbocycles. The molecule has 0 spiro atoms. The molecule has 0 aliphatic carbocycles. The third-order valence-corrected chi connectivity index (χ3v) is 8.03. The van der Waals surface area contributed by atoms with E-state index in [9.17, 15) is 15.0 Å². The average Bonchev–Trinajstić information content (AvgIpc) is 2.94. The zero-order valence-corrected chi connectivity index (χ0v) is 26.4. The molecule has 4 nitrogen and oxygen atoms in total. The Morgan fingerprint density at radius 3 is 1.44 bits per heavy atom. The molecule has 0 bridgehead atoms. The minimum Gasteiger partial charge on any atom is -0.394 e. The summed E-state index contributed by atoms with van der Waals surface area (Å²) in [6.45, 7) is 4.33. The first kappa shape index (κ1) is 38.1. The number of nitrogens with one attached hydrogen (secondary N) is 1. The summed E-state index contributed by atoms with van der Waals surface area (Å²) in [5.41, 5.74) is 0. The van der Waals surface area contributed by atoms with E-state index in [1.807, 2.05) is 0 Å². The molecular formula is C35H69NO3. The van der Waals surface area contributed by atoms with E-state index in [1.165, 1.54) is 135 Å². The van der Waals surface area contributed by atoms with Crippen LogP contribution in [0.4, 0.5) is 0 Å². The Balaban J connectivity index is 3.58. The SMILES string of the molecule is CCCCCC/C=C/CCCCCCCC(=O)N[C@@H](CO)[C@H](O)CCCCCCCCCCCCCCCC. The standard InChI is InChI=1S/C35H69NO3/c1-3-5-7-9-11-13-15-17-19-20-22-24-26-28-30-34(38)33(32-37)36-35(39)31-29-27-25-23-21-18-16-14-12-10-8-6-4-2/h14,16,33-34,37-38H,3-13,15,17-32H2,1-2H3,(H,36,39)/b16-14+/t33-,34+/m0/s1. The third kappa shape index (κ3) is 28.5. The summed E-state index contributed by atoms with van der Waals surface area (Å²) in [6.07, 6.45) is 36.8. The van der Waals surface area contributed by atoms with Gasteiger partial charge >= 0.3 is 0 Å². The monoisotopic (exact) mass is 552 g/mol. The Labute approximate surface area is 244 Å². The molecule has 2 atom stereocenters. The van der Waals surface area contributed by atoms with Gasteiger partial charge in [0.05, 0.1) is 18.8 Å². The highest BCUT2D eigenvalue weighted by Gasteiger charge is 2.19. The lowest BCUT2D eigenvalue weighted by Gasteiger charge is -2.22. The maximum absolute atomic E-state index is 12.3. The summed E-state index contributed by atoms with van der Waals surface area (Å²) < 4.78 is 0. The van der Waals surface area contributed by atoms with Crippen molar-refractivity contribution in [2.75, 3.05) is 6.61 Å². The Morgan fingerprint density at radius 1 is 0.590 bits per heavy atom. The maximum atomic E-state index is 12.3. The van der Waals surface area contributed by atoms with Gasteiger partial charge in [-0.05, 0) is 38.5 Å². The van der Waals surface area contributed by atoms with E-state index in [0.717, 1.165) is 25.7 Å². The lowest BCUT2D eigenvalue weighted by atomic mass is 10.0. The predicted octanol–water partition coefficient (Wildman–Crippen LogP) is 9.95. The highest BCUT2D eigenvalue weighted by molar-refractivity contribution is 5.76. The van der Waals surface area contributed by atoms with Crippen LogP contribution in [0.15, 0.2) is 12.2 Å². The number of unbranched alkanes of at least 4 members (excludes halogenated alkanes) is 22. The first-order valence-corrected chi connectivity index (χ1v) is 17.4. The van der Waals surface area contributed by atoms with Crippen LogP contribution >= 0.6 is 0 Å². The lowest BCUT2D eigenvalue weighted by molar-refractivity contribution is -0.123. The van der Waals surface area contributed by atoms with Crippen molar-refractivity contribution in [3.63, 3.8) is 0 Å². The zero-order chi connectivity index (χ0) is 28.7. The van der Waals surface area contributed by atoms with Gasteiger partial charge in [0, 0.05) is 6.42 Å². The van der Waals surface area contributed by atoms with Gasteiger partial charge in [0.15, 0.2) is 0 Å². The highest BCUT2D eigenvalue weighted by atomic mass is 16.3. The van der Waals surface area contributed by atoms with Gasteiger partial charge in [-0.25, -0.2) is 0 Å². The molecule has 0 aromatic heterocycles. The van der Waals surface area contributed by atoms with Crippen molar-refractivity contribution >= 4 is 5.91 Å². The van der Waals surface area contributed by atoms with Crippen LogP contribution in [0.5, 0.6) is 0 Å². The number of allylic oxidation sites excluding steroid dienone is 2. The normalized spacial score (nSPS) is 13.2. The van der Waals surface area contributed by atoms with Gasteiger partial charge in [0.2, 0.25) is 5.91 Å². The Morgan fingerprint density at radius 2 is 0.974 bits per heavy atom. The molecule has 0 fully saturated rings. The maximum Gasteiger partial charge on any atom is 0.220 e. The van der Waals surface area contributed by atoms with E-state index < -0.39 is 12.1 Å². The molecule has 0 radical (unpaired) electrons. The number of hydrogen-bond donors (Lipinski definition) is 3. The van der Waals surface area contributed by atoms with Crippen LogP contribution in [0, 0.1) is 0 Å². The van der Waals surface area contributed by atoms with Crippen molar-refractivity contribution in [1.82, 2.24) is 5.32 Å². The molecule has 39 heavy (non-hydrogen) atoms. The molecular weight excluding hydrogens is 482 g/mol. The van der Waals surface area contributed by atoms with Crippen LogP contribution in [0.25, 0.3) is 0 Å². The number of carbonyl (C=O) groups excluding carboxylic acids is 1. The van der Waals surface area contributed by atoms with E-state index in [0.29, 0.717) is 12.8 Å². The van der Waals surface area contributed by atoms with Crippen molar-refractivity contribution in [2.45, 2.75) is 199 Å². The first-order chi connectivity index (χ1) is 19.2. The van der Waals surface area contributed by atoms with E-state index >= 15 is 0 Å². The Kier molecular flexibility index (Phi) is 30.9. The van der Waals surface area contributed by atoms with Crippen LogP contribution < -0.4 is 5.32 Å². The Hall–Kier alpha value is -0.870. The smallest absolute Gasteiger partial charge is 0.220 e. The summed E-state index contributed by atoms with van der Waals surface area (Å²) in [5.74, 6) is -0.0416. The molecule has 3 N–H and O–H groups in total. The van der Waals surface area contributed by atoms with Crippen LogP contribution in [0.3, 0.4) is 0 Å². The van der Waals surface area contributed by atoms with Crippen molar-refractivity contribution in [2.24, 2.45) is 0 Å². The van der Waals surface area contributed by atoms with Crippen LogP contribution in [-0.2, 0) is 4.79 Å². The van der Waals surface area contributed by atoms with E-state index in [-0.39, 0.29) is 12.5 Å². The predicted molar refractivity (Wildman–Crippen MR) is 170 cm³/mol. The van der Waals surface area contributed by atoms with E-state index in [1.54, 1.807) is 0 Å². The molecule has 4 heteroatoms. The van der Waals surface area contributed by atoms with Crippen LogP contribution in [-0.4, -0.2) is 34.9 Å². The first-order valence-electron chi connectivity index (χ1n) is 17.4. The fourth-order valence-corrected chi connectivity index (χ4v) is 5.29. The van der Waals surface area contributed by atoms with Gasteiger partial charge in [-0.3, -0.25) is 4.79 Å². The molecule has 0 heterocycles. The van der Waals surface area contributed by atoms with Gasteiger partial charge in [0.25, 0.3) is 0 Å². The van der Waals surface area contributed by atoms with Gasteiger partial charge in [-0.1, -0.05) is 154 Å². The zero-order valence-electron chi connectivity index (χ0n) is 26.4. The van der Waals surface area contributed by atoms with Crippen molar-refractivity contribution in [3.8, 4) is 0 Å². The van der Waals surface area contributed by atoms with Gasteiger partial charge < -0.3 is 15.5 Å². The molecule has 0 aliphatic rings. The molecule has 0 saturated heterocycles. The number of amides is 1. The second kappa shape index (κ2) is 31.7. The topological polar surface area (TPSA) is 69.6 Å². The number of carbonyl (C=O) groups is 1. The van der Waals surface area contributed by atoms with Gasteiger partial charge in [0.1, 0.15) is 0 Å². The van der Waals surface area contributed by atoms with Crippen molar-refractivity contribution < 1.29 is 15.0 Å². The summed E-state index contributed by atoms with van der Waals surface area (Å²) in [7, 11) is 0. The van der Waals surface area contributed by atoms with Crippen LogP contribution in [0.2, 0.25) is 0 Å². The van der Waals surface area contributed by atoms with E-state index in [2.05, 4.69) is 31.3 Å². The molecule has 232 valence electrons. The molecule has 0 aliphatic heterocycles. The summed E-state index contributed by atoms with van der Waals surface area (Å²) in [6, 6.07) is -0.534. The van der Waals surface area contributed by atoms with Gasteiger partial charge in [-0.2, -0.15) is 0 Å². The minimum atomic E-state index is -0.657. The number of aliphatic hydroxyl groups excluding tert-OH is 2. The fraction of sp³-hybridized carbons (Fsp3) is 0.914. The second-order valence-corrected chi connectivity index (χ2v) is 11.9. The number of aliphatic hydroxyl groups is 2. The van der Waals surface area contributed by atoms with Crippen molar-refractivity contribution in [3.05, 3.63) is 12.2 Å². The average molecular weight is 552 g/mol. The molecule has 0 aromatic carbocycles. The summed E-state index contributed by atoms with van der Waals surface area (Å²) in [5, 5.41) is 23.0. The van der Waals surface area contributed by atoms with E-state index in [4.69, 9.17) is 0 Å². The quantitative estimate of drug-likeness (QED) is 0.0593. The van der Waals surface area contributed by atoms with Crippen molar-refractivity contribution in [1.29, 1.82) is 0 Å². The minimum absolute atomic E-state index is 0.0416. The number of hydrogen-bond acceptors (Lipinski definition) is 3. The third-order valence-electron chi connectivity index (χ3n) is 8.03. The number of rotatable bonds is 31. The molecule has 0 unspecified atom stereocenters. The lowest BCUT2D eigenvalue weighted by Crippen LogP contribution is -2.45.